The second kappa shape index (κ2) is 6.75. The lowest BCUT2D eigenvalue weighted by atomic mass is 9.92. The largest absolute Gasteiger partial charge is 0.397 e. The van der Waals surface area contributed by atoms with Crippen molar-refractivity contribution >= 4 is 17.3 Å². The maximum absolute atomic E-state index is 12.0. The van der Waals surface area contributed by atoms with E-state index in [1.54, 1.807) is 6.07 Å². The fourth-order valence-electron chi connectivity index (χ4n) is 2.81. The van der Waals surface area contributed by atoms with Crippen LogP contribution in [0.15, 0.2) is 24.3 Å². The number of nitrogens with one attached hydrogen (secondary N) is 1. The number of benzene rings is 1. The standard InChI is InChI=1S/C16H25N3O/c1-12-6-5-10-19(13(12)2)11-9-16(20)18-15-8-4-3-7-14(15)17/h3-4,7-8,12-13H,5-6,9-11,17H2,1-2H3,(H,18,20). The van der Waals surface area contributed by atoms with Crippen molar-refractivity contribution in [3.8, 4) is 0 Å². The smallest absolute Gasteiger partial charge is 0.225 e. The minimum Gasteiger partial charge on any atom is -0.397 e. The van der Waals surface area contributed by atoms with Crippen LogP contribution in [0.2, 0.25) is 0 Å². The zero-order valence-corrected chi connectivity index (χ0v) is 12.4. The number of piperidine rings is 1. The molecular weight excluding hydrogens is 250 g/mol. The van der Waals surface area contributed by atoms with Gasteiger partial charge in [0.2, 0.25) is 5.91 Å². The van der Waals surface area contributed by atoms with Gasteiger partial charge in [0.15, 0.2) is 0 Å². The van der Waals surface area contributed by atoms with Crippen molar-refractivity contribution in [1.82, 2.24) is 4.90 Å². The molecule has 0 saturated carbocycles. The number of likely N-dealkylation sites (tertiary alicyclic amines) is 1. The lowest BCUT2D eigenvalue weighted by Gasteiger charge is -2.37. The number of para-hydroxylation sites is 2. The molecular formula is C16H25N3O. The number of nitrogen functional groups attached to an aromatic ring is 1. The molecule has 2 unspecified atom stereocenters. The summed E-state index contributed by atoms with van der Waals surface area (Å²) in [4.78, 5) is 14.4. The Kier molecular flexibility index (Phi) is 5.01. The molecule has 3 N–H and O–H groups in total. The first-order valence-corrected chi connectivity index (χ1v) is 7.46. The third kappa shape index (κ3) is 3.73. The zero-order valence-electron chi connectivity index (χ0n) is 12.4. The lowest BCUT2D eigenvalue weighted by Crippen LogP contribution is -2.43. The van der Waals surface area contributed by atoms with Crippen LogP contribution in [0.25, 0.3) is 0 Å². The van der Waals surface area contributed by atoms with E-state index in [0.717, 1.165) is 19.0 Å². The Bertz CT molecular complexity index is 461. The molecule has 1 aliphatic heterocycles. The van der Waals surface area contributed by atoms with Crippen molar-refractivity contribution in [2.45, 2.75) is 39.2 Å². The van der Waals surface area contributed by atoms with E-state index in [1.165, 1.54) is 12.8 Å². The summed E-state index contributed by atoms with van der Waals surface area (Å²) in [7, 11) is 0. The minimum absolute atomic E-state index is 0.0355. The van der Waals surface area contributed by atoms with Crippen LogP contribution in [0.1, 0.15) is 33.1 Å². The molecule has 0 radical (unpaired) electrons. The highest BCUT2D eigenvalue weighted by molar-refractivity contribution is 5.93. The van der Waals surface area contributed by atoms with Crippen LogP contribution < -0.4 is 11.1 Å². The van der Waals surface area contributed by atoms with Crippen LogP contribution in [-0.2, 0) is 4.79 Å². The number of amides is 1. The van der Waals surface area contributed by atoms with Crippen molar-refractivity contribution in [3.05, 3.63) is 24.3 Å². The van der Waals surface area contributed by atoms with E-state index < -0.39 is 0 Å². The van der Waals surface area contributed by atoms with Gasteiger partial charge in [-0.3, -0.25) is 9.69 Å². The number of nitrogens with two attached hydrogens (primary N) is 1. The molecule has 0 aromatic heterocycles. The van der Waals surface area contributed by atoms with E-state index in [0.29, 0.717) is 23.8 Å². The van der Waals surface area contributed by atoms with Crippen LogP contribution in [0.4, 0.5) is 11.4 Å². The summed E-state index contributed by atoms with van der Waals surface area (Å²) in [6.07, 6.45) is 3.05. The Hall–Kier alpha value is -1.55. The molecule has 1 amide bonds. The monoisotopic (exact) mass is 275 g/mol. The number of anilines is 2. The van der Waals surface area contributed by atoms with Gasteiger partial charge in [-0.05, 0) is 44.4 Å². The molecule has 1 aromatic carbocycles. The van der Waals surface area contributed by atoms with Crippen LogP contribution >= 0.6 is 0 Å². The molecule has 1 aliphatic rings. The summed E-state index contributed by atoms with van der Waals surface area (Å²) >= 11 is 0. The van der Waals surface area contributed by atoms with Gasteiger partial charge < -0.3 is 11.1 Å². The van der Waals surface area contributed by atoms with Crippen LogP contribution in [0.5, 0.6) is 0 Å². The Morgan fingerprint density at radius 1 is 1.40 bits per heavy atom. The van der Waals surface area contributed by atoms with Gasteiger partial charge in [-0.25, -0.2) is 0 Å². The van der Waals surface area contributed by atoms with E-state index in [2.05, 4.69) is 24.1 Å². The third-order valence-electron chi connectivity index (χ3n) is 4.37. The van der Waals surface area contributed by atoms with E-state index in [9.17, 15) is 4.79 Å². The molecule has 1 fully saturated rings. The highest BCUT2D eigenvalue weighted by Crippen LogP contribution is 2.23. The fraction of sp³-hybridized carbons (Fsp3) is 0.562. The molecule has 0 spiro atoms. The molecule has 1 saturated heterocycles. The third-order valence-corrected chi connectivity index (χ3v) is 4.37. The average molecular weight is 275 g/mol. The molecule has 4 heteroatoms. The molecule has 20 heavy (non-hydrogen) atoms. The molecule has 0 aliphatic carbocycles. The maximum atomic E-state index is 12.0. The summed E-state index contributed by atoms with van der Waals surface area (Å²) in [5.74, 6) is 0.755. The van der Waals surface area contributed by atoms with E-state index in [4.69, 9.17) is 5.73 Å². The maximum Gasteiger partial charge on any atom is 0.225 e. The van der Waals surface area contributed by atoms with Crippen molar-refractivity contribution < 1.29 is 4.79 Å². The van der Waals surface area contributed by atoms with E-state index in [1.807, 2.05) is 18.2 Å². The van der Waals surface area contributed by atoms with Gasteiger partial charge in [-0.1, -0.05) is 19.1 Å². The highest BCUT2D eigenvalue weighted by Gasteiger charge is 2.24. The molecule has 110 valence electrons. The number of nitrogens with zero attached hydrogens (tertiary/aromatic N) is 1. The van der Waals surface area contributed by atoms with Crippen molar-refractivity contribution in [2.75, 3.05) is 24.1 Å². The van der Waals surface area contributed by atoms with Gasteiger partial charge in [-0.2, -0.15) is 0 Å². The van der Waals surface area contributed by atoms with Crippen LogP contribution in [0, 0.1) is 5.92 Å². The van der Waals surface area contributed by atoms with Crippen molar-refractivity contribution in [1.29, 1.82) is 0 Å². The van der Waals surface area contributed by atoms with Gasteiger partial charge >= 0.3 is 0 Å². The Labute approximate surface area is 121 Å². The highest BCUT2D eigenvalue weighted by atomic mass is 16.1. The average Bonchev–Trinajstić information content (AvgIpc) is 2.43. The number of carbonyl (C=O) groups is 1. The summed E-state index contributed by atoms with van der Waals surface area (Å²) < 4.78 is 0. The molecule has 2 rings (SSSR count). The molecule has 1 aromatic rings. The Morgan fingerprint density at radius 2 is 2.15 bits per heavy atom. The summed E-state index contributed by atoms with van der Waals surface area (Å²) in [6, 6.07) is 7.93. The molecule has 0 bridgehead atoms. The lowest BCUT2D eigenvalue weighted by molar-refractivity contribution is -0.116. The normalized spacial score (nSPS) is 23.5. The molecule has 4 nitrogen and oxygen atoms in total. The SMILES string of the molecule is CC1CCCN(CCC(=O)Nc2ccccc2N)C1C. The first-order chi connectivity index (χ1) is 9.58. The van der Waals surface area contributed by atoms with Gasteiger partial charge in [0, 0.05) is 19.0 Å². The zero-order chi connectivity index (χ0) is 14.5. The van der Waals surface area contributed by atoms with Crippen LogP contribution in [0.3, 0.4) is 0 Å². The van der Waals surface area contributed by atoms with Gasteiger partial charge in [0.25, 0.3) is 0 Å². The van der Waals surface area contributed by atoms with E-state index in [-0.39, 0.29) is 5.91 Å². The summed E-state index contributed by atoms with van der Waals surface area (Å²) in [5, 5.41) is 2.89. The Morgan fingerprint density at radius 3 is 2.90 bits per heavy atom. The second-order valence-electron chi connectivity index (χ2n) is 5.78. The topological polar surface area (TPSA) is 58.4 Å². The number of hydrogen-bond donors (Lipinski definition) is 2. The minimum atomic E-state index is 0.0355. The summed E-state index contributed by atoms with van der Waals surface area (Å²) in [5.41, 5.74) is 7.14. The first kappa shape index (κ1) is 14.9. The number of hydrogen-bond acceptors (Lipinski definition) is 3. The fourth-order valence-corrected chi connectivity index (χ4v) is 2.81. The van der Waals surface area contributed by atoms with Crippen LogP contribution in [-0.4, -0.2) is 29.9 Å². The van der Waals surface area contributed by atoms with E-state index >= 15 is 0 Å². The Balaban J connectivity index is 1.82. The van der Waals surface area contributed by atoms with Gasteiger partial charge in [0.05, 0.1) is 11.4 Å². The van der Waals surface area contributed by atoms with Crippen molar-refractivity contribution in [3.63, 3.8) is 0 Å². The number of rotatable bonds is 4. The second-order valence-corrected chi connectivity index (χ2v) is 5.78. The molecule has 1 heterocycles. The van der Waals surface area contributed by atoms with Gasteiger partial charge in [0.1, 0.15) is 0 Å². The predicted molar refractivity (Wildman–Crippen MR) is 83.5 cm³/mol. The summed E-state index contributed by atoms with van der Waals surface area (Å²) in [6.45, 7) is 6.48. The first-order valence-electron chi connectivity index (χ1n) is 7.46. The predicted octanol–water partition coefficient (Wildman–Crippen LogP) is 2.72. The quantitative estimate of drug-likeness (QED) is 0.831. The van der Waals surface area contributed by atoms with Gasteiger partial charge in [-0.15, -0.1) is 0 Å². The van der Waals surface area contributed by atoms with Crippen molar-refractivity contribution in [2.24, 2.45) is 5.92 Å². The number of carbonyl (C=O) groups excluding carboxylic acids is 1. The molecule has 2 atom stereocenters.